The molecule has 2 aromatic carbocycles. The molecule has 0 atom stereocenters. The Bertz CT molecular complexity index is 1220. The number of hydrogen-bond acceptors (Lipinski definition) is 5. The number of fused-ring (bicyclic) bond motifs is 1. The molecular weight excluding hydrogens is 471 g/mol. The van der Waals surface area contributed by atoms with Gasteiger partial charge in [-0.2, -0.15) is 0 Å². The smallest absolute Gasteiger partial charge is 0.356 e. The lowest BCUT2D eigenvalue weighted by atomic mass is 10.2. The van der Waals surface area contributed by atoms with Gasteiger partial charge in [0.05, 0.1) is 12.3 Å². The van der Waals surface area contributed by atoms with Gasteiger partial charge >= 0.3 is 11.9 Å². The molecule has 3 rings (SSSR count). The summed E-state index contributed by atoms with van der Waals surface area (Å²) < 4.78 is 32.2. The average Bonchev–Trinajstić information content (AvgIpc) is 3.05. The molecule has 1 aromatic heterocycles. The SMILES string of the molecule is O=C(O)C(Oc1ccc2cc(CNS(=O)(=O)Cc3cc(Cl)cc(Cl)c3)[nH]c2c1)C(=O)O. The number of carboxylic acid groups (broad SMARTS) is 2. The predicted molar refractivity (Wildman–Crippen MR) is 114 cm³/mol. The van der Waals surface area contributed by atoms with Gasteiger partial charge in [0.1, 0.15) is 5.75 Å². The first-order valence-corrected chi connectivity index (χ1v) is 11.1. The topological polar surface area (TPSA) is 146 Å². The molecule has 31 heavy (non-hydrogen) atoms. The van der Waals surface area contributed by atoms with Crippen molar-refractivity contribution in [2.75, 3.05) is 0 Å². The molecule has 0 amide bonds. The summed E-state index contributed by atoms with van der Waals surface area (Å²) >= 11 is 11.8. The Hall–Kier alpha value is -2.79. The van der Waals surface area contributed by atoms with Crippen LogP contribution in [0.1, 0.15) is 11.3 Å². The van der Waals surface area contributed by atoms with Gasteiger partial charge in [-0.1, -0.05) is 23.2 Å². The number of halogens is 2. The number of rotatable bonds is 9. The van der Waals surface area contributed by atoms with E-state index < -0.39 is 28.1 Å². The third-order valence-electron chi connectivity index (χ3n) is 4.11. The van der Waals surface area contributed by atoms with Gasteiger partial charge in [-0.25, -0.2) is 22.7 Å². The van der Waals surface area contributed by atoms with Crippen LogP contribution in [0, 0.1) is 0 Å². The highest BCUT2D eigenvalue weighted by molar-refractivity contribution is 7.88. The molecule has 0 aliphatic carbocycles. The van der Waals surface area contributed by atoms with Crippen molar-refractivity contribution in [3.8, 4) is 5.75 Å². The van der Waals surface area contributed by atoms with Gasteiger partial charge < -0.3 is 19.9 Å². The van der Waals surface area contributed by atoms with Gasteiger partial charge in [0.2, 0.25) is 10.0 Å². The quantitative estimate of drug-likeness (QED) is 0.340. The van der Waals surface area contributed by atoms with E-state index in [1.54, 1.807) is 12.1 Å². The molecule has 0 aliphatic rings. The van der Waals surface area contributed by atoms with E-state index in [2.05, 4.69) is 9.71 Å². The number of aromatic amines is 1. The standard InChI is InChI=1S/C19H16Cl2N2O7S/c20-12-3-10(4-13(21)6-12)9-31(28,29)22-8-14-5-11-1-2-15(7-16(11)23-14)30-17(18(24)25)19(26)27/h1-7,17,22-23H,8-9H2,(H,24,25)(H,26,27). The first-order valence-electron chi connectivity index (χ1n) is 8.68. The summed E-state index contributed by atoms with van der Waals surface area (Å²) in [5.41, 5.74) is 1.49. The molecule has 0 saturated carbocycles. The van der Waals surface area contributed by atoms with Gasteiger partial charge in [-0.3, -0.25) is 0 Å². The fourth-order valence-electron chi connectivity index (χ4n) is 2.83. The lowest BCUT2D eigenvalue weighted by molar-refractivity contribution is -0.159. The normalized spacial score (nSPS) is 11.7. The maximum absolute atomic E-state index is 12.4. The molecule has 12 heteroatoms. The molecule has 3 aromatic rings. The van der Waals surface area contributed by atoms with Crippen LogP contribution >= 0.6 is 23.2 Å². The summed E-state index contributed by atoms with van der Waals surface area (Å²) in [7, 11) is -3.69. The van der Waals surface area contributed by atoms with Gasteiger partial charge in [-0.05, 0) is 47.3 Å². The Morgan fingerprint density at radius 2 is 1.68 bits per heavy atom. The molecule has 4 N–H and O–H groups in total. The number of aromatic nitrogens is 1. The van der Waals surface area contributed by atoms with Crippen LogP contribution in [0.3, 0.4) is 0 Å². The fraction of sp³-hybridized carbons (Fsp3) is 0.158. The minimum atomic E-state index is -3.69. The predicted octanol–water partition coefficient (Wildman–Crippen LogP) is 3.01. The number of hydrogen-bond donors (Lipinski definition) is 4. The van der Waals surface area contributed by atoms with Crippen molar-refractivity contribution in [1.82, 2.24) is 9.71 Å². The van der Waals surface area contributed by atoms with Crippen LogP contribution in [0.5, 0.6) is 5.75 Å². The first kappa shape index (κ1) is 22.9. The van der Waals surface area contributed by atoms with E-state index in [0.29, 0.717) is 32.2 Å². The van der Waals surface area contributed by atoms with E-state index in [4.69, 9.17) is 38.2 Å². The van der Waals surface area contributed by atoms with Crippen LogP contribution in [0.25, 0.3) is 10.9 Å². The van der Waals surface area contributed by atoms with Crippen molar-refractivity contribution in [3.63, 3.8) is 0 Å². The Morgan fingerprint density at radius 1 is 1.03 bits per heavy atom. The number of benzene rings is 2. The van der Waals surface area contributed by atoms with Gasteiger partial charge in [-0.15, -0.1) is 0 Å². The first-order chi connectivity index (χ1) is 14.5. The number of sulfonamides is 1. The zero-order valence-corrected chi connectivity index (χ0v) is 18.0. The summed E-state index contributed by atoms with van der Waals surface area (Å²) in [6.45, 7) is -0.0334. The highest BCUT2D eigenvalue weighted by atomic mass is 35.5. The minimum Gasteiger partial charge on any atom is -0.478 e. The van der Waals surface area contributed by atoms with Crippen LogP contribution < -0.4 is 9.46 Å². The number of aliphatic carboxylic acids is 2. The summed E-state index contributed by atoms with van der Waals surface area (Å²) in [5, 5.41) is 19.2. The minimum absolute atomic E-state index is 0.0334. The summed E-state index contributed by atoms with van der Waals surface area (Å²) in [5.74, 6) is -3.53. The van der Waals surface area contributed by atoms with E-state index in [-0.39, 0.29) is 18.0 Å². The fourth-order valence-corrected chi connectivity index (χ4v) is 4.48. The van der Waals surface area contributed by atoms with Crippen molar-refractivity contribution in [3.05, 3.63) is 63.8 Å². The zero-order chi connectivity index (χ0) is 22.8. The maximum Gasteiger partial charge on any atom is 0.356 e. The number of ether oxygens (including phenoxy) is 1. The second kappa shape index (κ2) is 9.15. The number of carbonyl (C=O) groups is 2. The Morgan fingerprint density at radius 3 is 2.29 bits per heavy atom. The molecule has 0 aliphatic heterocycles. The van der Waals surface area contributed by atoms with Crippen LogP contribution in [-0.2, 0) is 31.9 Å². The second-order valence-corrected chi connectivity index (χ2v) is 9.26. The van der Waals surface area contributed by atoms with E-state index in [1.807, 2.05) is 0 Å². The molecule has 0 saturated heterocycles. The van der Waals surface area contributed by atoms with E-state index >= 15 is 0 Å². The van der Waals surface area contributed by atoms with Gasteiger partial charge in [0.25, 0.3) is 6.10 Å². The number of carboxylic acids is 2. The molecule has 0 unspecified atom stereocenters. The molecule has 0 spiro atoms. The number of H-pyrrole nitrogens is 1. The molecular formula is C19H16Cl2N2O7S. The van der Waals surface area contributed by atoms with Gasteiger partial charge in [0.15, 0.2) is 0 Å². The molecule has 9 nitrogen and oxygen atoms in total. The number of nitrogens with one attached hydrogen (secondary N) is 2. The van der Waals surface area contributed by atoms with Crippen molar-refractivity contribution < 1.29 is 33.0 Å². The highest BCUT2D eigenvalue weighted by Gasteiger charge is 2.28. The largest absolute Gasteiger partial charge is 0.478 e. The Kier molecular flexibility index (Phi) is 6.75. The lowest BCUT2D eigenvalue weighted by Crippen LogP contribution is -2.35. The maximum atomic E-state index is 12.4. The lowest BCUT2D eigenvalue weighted by Gasteiger charge is -2.10. The third-order valence-corrected chi connectivity index (χ3v) is 5.85. The van der Waals surface area contributed by atoms with Crippen molar-refractivity contribution in [2.24, 2.45) is 0 Å². The van der Waals surface area contributed by atoms with Crippen LogP contribution in [0.2, 0.25) is 10.0 Å². The summed E-state index contributed by atoms with van der Waals surface area (Å²) in [6.07, 6.45) is -2.04. The third kappa shape index (κ3) is 6.11. The average molecular weight is 487 g/mol. The molecule has 164 valence electrons. The molecule has 0 fully saturated rings. The summed E-state index contributed by atoms with van der Waals surface area (Å²) in [6, 6.07) is 10.7. The van der Waals surface area contributed by atoms with Crippen molar-refractivity contribution >= 4 is 56.1 Å². The van der Waals surface area contributed by atoms with Crippen molar-refractivity contribution in [2.45, 2.75) is 18.4 Å². The Labute approximate surface area is 186 Å². The van der Waals surface area contributed by atoms with E-state index in [9.17, 15) is 18.0 Å². The molecule has 1 heterocycles. The van der Waals surface area contributed by atoms with Crippen LogP contribution in [0.4, 0.5) is 0 Å². The molecule has 0 radical (unpaired) electrons. The van der Waals surface area contributed by atoms with Crippen molar-refractivity contribution in [1.29, 1.82) is 0 Å². The zero-order valence-electron chi connectivity index (χ0n) is 15.6. The second-order valence-electron chi connectivity index (χ2n) is 6.58. The van der Waals surface area contributed by atoms with Crippen LogP contribution in [-0.4, -0.2) is 41.7 Å². The Balaban J connectivity index is 1.70. The molecule has 0 bridgehead atoms. The van der Waals surface area contributed by atoms with E-state index in [1.165, 1.54) is 30.3 Å². The van der Waals surface area contributed by atoms with E-state index in [0.717, 1.165) is 0 Å². The summed E-state index contributed by atoms with van der Waals surface area (Å²) in [4.78, 5) is 24.9. The van der Waals surface area contributed by atoms with Crippen LogP contribution in [0.15, 0.2) is 42.5 Å². The monoisotopic (exact) mass is 486 g/mol. The highest BCUT2D eigenvalue weighted by Crippen LogP contribution is 2.23. The van der Waals surface area contributed by atoms with Gasteiger partial charge in [0, 0.05) is 27.3 Å².